The van der Waals surface area contributed by atoms with E-state index in [0.29, 0.717) is 0 Å². The number of allylic oxidation sites excluding steroid dienone is 2. The summed E-state index contributed by atoms with van der Waals surface area (Å²) in [5.41, 5.74) is 0. The molecule has 0 amide bonds. The first-order valence-corrected chi connectivity index (χ1v) is 5.41. The van der Waals surface area contributed by atoms with Gasteiger partial charge in [0.25, 0.3) is 0 Å². The highest BCUT2D eigenvalue weighted by Crippen LogP contribution is 2.15. The topological polar surface area (TPSA) is 12.4 Å². The molecule has 0 spiro atoms. The van der Waals surface area contributed by atoms with Crippen LogP contribution < -0.4 is 0 Å². The molecule has 0 rings (SSSR count). The third kappa shape index (κ3) is 7.67. The van der Waals surface area contributed by atoms with E-state index in [1.54, 1.807) is 40.0 Å². The summed E-state index contributed by atoms with van der Waals surface area (Å²) in [5.74, 6) is 3.16. The summed E-state index contributed by atoms with van der Waals surface area (Å²) in [6, 6.07) is 0. The van der Waals surface area contributed by atoms with Crippen molar-refractivity contribution < 1.29 is 0 Å². The molecule has 0 saturated carbocycles. The van der Waals surface area contributed by atoms with Crippen LogP contribution in [0.3, 0.4) is 0 Å². The Labute approximate surface area is 69.8 Å². The van der Waals surface area contributed by atoms with E-state index in [0.717, 1.165) is 5.88 Å². The molecule has 0 bridgehead atoms. The molecule has 54 valence electrons. The Bertz CT molecular complexity index is 155. The number of nitrogens with zero attached hydrogens (tertiary/aromatic N) is 1. The predicted molar refractivity (Wildman–Crippen MR) is 52.4 cm³/mol. The molecular formula is C7H9NS2. The molecule has 0 aromatic rings. The van der Waals surface area contributed by atoms with Gasteiger partial charge < -0.3 is 0 Å². The van der Waals surface area contributed by atoms with Gasteiger partial charge in [-0.1, -0.05) is 27.5 Å². The number of aliphatic imine (C=N–C) groups is 1. The van der Waals surface area contributed by atoms with Crippen molar-refractivity contribution in [3.63, 3.8) is 0 Å². The lowest BCUT2D eigenvalue weighted by atomic mass is 10.5. The molecule has 0 unspecified atom stereocenters. The minimum Gasteiger partial charge on any atom is -0.281 e. The van der Waals surface area contributed by atoms with Crippen molar-refractivity contribution in [1.29, 1.82) is 0 Å². The summed E-state index contributed by atoms with van der Waals surface area (Å²) in [7, 11) is 3.40. The van der Waals surface area contributed by atoms with Crippen LogP contribution in [-0.4, -0.2) is 18.3 Å². The quantitative estimate of drug-likeness (QED) is 0.278. The highest BCUT2D eigenvalue weighted by molar-refractivity contribution is 8.76. The van der Waals surface area contributed by atoms with Crippen LogP contribution in [0.2, 0.25) is 0 Å². The van der Waals surface area contributed by atoms with Crippen LogP contribution in [0.25, 0.3) is 0 Å². The van der Waals surface area contributed by atoms with E-state index in [9.17, 15) is 0 Å². The molecule has 0 radical (unpaired) electrons. The van der Waals surface area contributed by atoms with Crippen LogP contribution in [0.4, 0.5) is 0 Å². The Balaban J connectivity index is 3.22. The lowest BCUT2D eigenvalue weighted by Crippen LogP contribution is -1.67. The summed E-state index contributed by atoms with van der Waals surface area (Å²) in [6.45, 7) is 0. The number of rotatable bonds is 4. The Morgan fingerprint density at radius 3 is 3.10 bits per heavy atom. The van der Waals surface area contributed by atoms with Gasteiger partial charge in [0.2, 0.25) is 0 Å². The second kappa shape index (κ2) is 8.67. The average molecular weight is 171 g/mol. The highest BCUT2D eigenvalue weighted by atomic mass is 33.1. The summed E-state index contributed by atoms with van der Waals surface area (Å²) in [5, 5.41) is 0. The smallest absolute Gasteiger partial charge is 0.0946 e. The zero-order valence-corrected chi connectivity index (χ0v) is 7.41. The molecule has 0 aliphatic heterocycles. The maximum absolute atomic E-state index is 4.96. The van der Waals surface area contributed by atoms with Crippen molar-refractivity contribution >= 4 is 27.8 Å². The Morgan fingerprint density at radius 2 is 2.50 bits per heavy atom. The van der Waals surface area contributed by atoms with Crippen molar-refractivity contribution in [3.8, 4) is 12.3 Å². The van der Waals surface area contributed by atoms with E-state index >= 15 is 0 Å². The third-order valence-electron chi connectivity index (χ3n) is 0.629. The fourth-order valence-corrected chi connectivity index (χ4v) is 1.04. The van der Waals surface area contributed by atoms with Gasteiger partial charge in [-0.3, -0.25) is 4.99 Å². The monoisotopic (exact) mass is 171 g/mol. The lowest BCUT2D eigenvalue weighted by Gasteiger charge is -1.85. The van der Waals surface area contributed by atoms with Gasteiger partial charge in [-0.15, -0.1) is 6.42 Å². The van der Waals surface area contributed by atoms with Crippen molar-refractivity contribution in [2.24, 2.45) is 4.99 Å². The predicted octanol–water partition coefficient (Wildman–Crippen LogP) is 2.22. The Morgan fingerprint density at radius 1 is 1.70 bits per heavy atom. The normalized spacial score (nSPS) is 10.8. The van der Waals surface area contributed by atoms with E-state index in [1.165, 1.54) is 0 Å². The zero-order chi connectivity index (χ0) is 7.66. The molecule has 0 atom stereocenters. The van der Waals surface area contributed by atoms with E-state index in [-0.39, 0.29) is 0 Å². The molecule has 10 heavy (non-hydrogen) atoms. The van der Waals surface area contributed by atoms with Crippen LogP contribution >= 0.6 is 21.6 Å². The molecule has 0 aromatic carbocycles. The van der Waals surface area contributed by atoms with E-state index in [4.69, 9.17) is 6.42 Å². The Hall–Kier alpha value is -0.330. The number of hydrogen-bond donors (Lipinski definition) is 0. The lowest BCUT2D eigenvalue weighted by molar-refractivity contribution is 1.41. The van der Waals surface area contributed by atoms with Gasteiger partial charge in [0.05, 0.1) is 5.88 Å². The van der Waals surface area contributed by atoms with Crippen molar-refractivity contribution in [1.82, 2.24) is 0 Å². The molecule has 3 heteroatoms. The highest BCUT2D eigenvalue weighted by Gasteiger charge is 1.74. The number of hydrogen-bond acceptors (Lipinski definition) is 3. The second-order valence-electron chi connectivity index (χ2n) is 1.27. The minimum absolute atomic E-state index is 0.788. The molecule has 0 aromatic heterocycles. The van der Waals surface area contributed by atoms with E-state index in [2.05, 4.69) is 10.9 Å². The molecule has 0 aliphatic rings. The van der Waals surface area contributed by atoms with Crippen LogP contribution in [-0.2, 0) is 0 Å². The van der Waals surface area contributed by atoms with Gasteiger partial charge in [0.1, 0.15) is 0 Å². The van der Waals surface area contributed by atoms with Crippen LogP contribution in [0.15, 0.2) is 17.1 Å². The summed E-state index contributed by atoms with van der Waals surface area (Å²) >= 11 is 0. The molecule has 0 heterocycles. The average Bonchev–Trinajstić information content (AvgIpc) is 1.97. The third-order valence-corrected chi connectivity index (χ3v) is 2.14. The zero-order valence-electron chi connectivity index (χ0n) is 5.78. The fourth-order valence-electron chi connectivity index (χ4n) is 0.286. The Kier molecular flexibility index (Phi) is 8.38. The molecule has 1 nitrogen and oxygen atoms in total. The van der Waals surface area contributed by atoms with Crippen LogP contribution in [0.1, 0.15) is 0 Å². The van der Waals surface area contributed by atoms with Gasteiger partial charge in [-0.25, -0.2) is 0 Å². The maximum atomic E-state index is 4.96. The first kappa shape index (κ1) is 9.67. The van der Waals surface area contributed by atoms with E-state index < -0.39 is 0 Å². The summed E-state index contributed by atoms with van der Waals surface area (Å²) in [6.07, 6.45) is 12.1. The standard InChI is InChI=1S/C7H9NS2/c1-3-4-5-6-8-7-10-9-2/h1,4-6H,7H2,2H3/b5-4-,8-6?. The first-order chi connectivity index (χ1) is 4.91. The maximum Gasteiger partial charge on any atom is 0.0946 e. The van der Waals surface area contributed by atoms with Crippen LogP contribution in [0.5, 0.6) is 0 Å². The van der Waals surface area contributed by atoms with Gasteiger partial charge in [-0.2, -0.15) is 0 Å². The molecule has 0 N–H and O–H groups in total. The minimum atomic E-state index is 0.788. The van der Waals surface area contributed by atoms with Crippen molar-refractivity contribution in [2.45, 2.75) is 0 Å². The number of terminal acetylenes is 1. The van der Waals surface area contributed by atoms with Gasteiger partial charge in [-0.05, 0) is 18.4 Å². The largest absolute Gasteiger partial charge is 0.281 e. The van der Waals surface area contributed by atoms with Gasteiger partial charge in [0, 0.05) is 6.21 Å². The summed E-state index contributed by atoms with van der Waals surface area (Å²) in [4.78, 5) is 4.03. The fraction of sp³-hybridized carbons (Fsp3) is 0.286. The second-order valence-corrected chi connectivity index (χ2v) is 3.81. The molecule has 0 fully saturated rings. The van der Waals surface area contributed by atoms with Gasteiger partial charge in [0.15, 0.2) is 0 Å². The van der Waals surface area contributed by atoms with Crippen molar-refractivity contribution in [2.75, 3.05) is 12.1 Å². The van der Waals surface area contributed by atoms with Crippen LogP contribution in [0, 0.1) is 12.3 Å². The molecular weight excluding hydrogens is 162 g/mol. The van der Waals surface area contributed by atoms with Gasteiger partial charge >= 0.3 is 0 Å². The molecule has 0 aliphatic carbocycles. The van der Waals surface area contributed by atoms with Crippen molar-refractivity contribution in [3.05, 3.63) is 12.2 Å². The van der Waals surface area contributed by atoms with E-state index in [1.807, 2.05) is 6.26 Å². The first-order valence-electron chi connectivity index (χ1n) is 2.68. The summed E-state index contributed by atoms with van der Waals surface area (Å²) < 4.78 is 0. The molecule has 0 saturated heterocycles. The SMILES string of the molecule is C#C/C=C\C=NCSSC.